The van der Waals surface area contributed by atoms with Gasteiger partial charge in [0, 0.05) is 44.3 Å². The molecule has 2 fully saturated rings. The van der Waals surface area contributed by atoms with Crippen LogP contribution in [-0.2, 0) is 14.3 Å². The first-order chi connectivity index (χ1) is 15.8. The van der Waals surface area contributed by atoms with Gasteiger partial charge in [-0.05, 0) is 44.1 Å². The zero-order valence-corrected chi connectivity index (χ0v) is 19.0. The average Bonchev–Trinajstić information content (AvgIpc) is 2.80. The van der Waals surface area contributed by atoms with Gasteiger partial charge in [-0.25, -0.2) is 8.78 Å². The molecule has 0 bridgehead atoms. The summed E-state index contributed by atoms with van der Waals surface area (Å²) in [7, 11) is 0. The van der Waals surface area contributed by atoms with E-state index in [9.17, 15) is 18.4 Å². The summed E-state index contributed by atoms with van der Waals surface area (Å²) in [6.45, 7) is 5.11. The van der Waals surface area contributed by atoms with Crippen LogP contribution < -0.4 is 4.90 Å². The van der Waals surface area contributed by atoms with Gasteiger partial charge in [-0.3, -0.25) is 14.5 Å². The number of ether oxygens (including phenoxy) is 1. The van der Waals surface area contributed by atoms with Crippen LogP contribution in [0.2, 0.25) is 0 Å². The van der Waals surface area contributed by atoms with Gasteiger partial charge in [0.05, 0.1) is 25.3 Å². The number of carbonyl (C=O) groups is 2. The predicted octanol–water partition coefficient (Wildman–Crippen LogP) is 3.25. The molecule has 2 heterocycles. The van der Waals surface area contributed by atoms with Crippen molar-refractivity contribution >= 4 is 17.5 Å². The highest BCUT2D eigenvalue weighted by Crippen LogP contribution is 2.35. The Morgan fingerprint density at radius 1 is 1.09 bits per heavy atom. The van der Waals surface area contributed by atoms with Crippen molar-refractivity contribution < 1.29 is 23.1 Å². The Morgan fingerprint density at radius 3 is 2.39 bits per heavy atom. The molecule has 6 nitrogen and oxygen atoms in total. The molecule has 0 radical (unpaired) electrons. The minimum absolute atomic E-state index is 0.00865. The number of morpholine rings is 1. The smallest absolute Gasteiger partial charge is 0.253 e. The number of alkyl halides is 1. The van der Waals surface area contributed by atoms with Crippen LogP contribution in [0.3, 0.4) is 0 Å². The Hall–Kier alpha value is -2.58. The van der Waals surface area contributed by atoms with Gasteiger partial charge in [0.15, 0.2) is 0 Å². The highest BCUT2D eigenvalue weighted by atomic mass is 19.1. The van der Waals surface area contributed by atoms with Crippen LogP contribution in [0.5, 0.6) is 0 Å². The normalized spacial score (nSPS) is 24.8. The van der Waals surface area contributed by atoms with Gasteiger partial charge in [0.25, 0.3) is 5.91 Å². The quantitative estimate of drug-likeness (QED) is 0.679. The minimum atomic E-state index is -2.02. The molecule has 1 aromatic carbocycles. The first-order valence-electron chi connectivity index (χ1n) is 11.6. The van der Waals surface area contributed by atoms with Crippen LogP contribution in [0.25, 0.3) is 0 Å². The first-order valence-corrected chi connectivity index (χ1v) is 11.6. The summed E-state index contributed by atoms with van der Waals surface area (Å²) in [4.78, 5) is 31.9. The molecule has 8 heteroatoms. The number of anilines is 1. The lowest BCUT2D eigenvalue weighted by atomic mass is 9.88. The Balaban J connectivity index is 1.45. The summed E-state index contributed by atoms with van der Waals surface area (Å²) in [5, 5.41) is 0. The fourth-order valence-corrected chi connectivity index (χ4v) is 4.78. The van der Waals surface area contributed by atoms with Crippen molar-refractivity contribution in [3.05, 3.63) is 53.9 Å². The Morgan fingerprint density at radius 2 is 1.76 bits per heavy atom. The maximum absolute atomic E-state index is 14.9. The highest BCUT2D eigenvalue weighted by molar-refractivity contribution is 5.97. The number of allylic oxidation sites excluding steroid dienone is 3. The molecule has 0 saturated carbocycles. The van der Waals surface area contributed by atoms with Crippen molar-refractivity contribution in [2.45, 2.75) is 37.9 Å². The SMILES string of the molecule is CC1(F)CC(F)=CC=C1C(=O)N1CCC(N(C(=O)CN2CCOCC2)c2ccccc2)CC1. The van der Waals surface area contributed by atoms with Crippen LogP contribution >= 0.6 is 0 Å². The van der Waals surface area contributed by atoms with Gasteiger partial charge in [0.1, 0.15) is 11.5 Å². The molecule has 4 rings (SSSR count). The number of hydrogen-bond acceptors (Lipinski definition) is 4. The van der Waals surface area contributed by atoms with E-state index in [1.165, 1.54) is 19.1 Å². The zero-order valence-electron chi connectivity index (χ0n) is 19.0. The number of rotatable bonds is 5. The number of hydrogen-bond donors (Lipinski definition) is 0. The van der Waals surface area contributed by atoms with Crippen LogP contribution in [0.4, 0.5) is 14.5 Å². The Bertz CT molecular complexity index is 918. The molecule has 2 saturated heterocycles. The van der Waals surface area contributed by atoms with Crippen LogP contribution in [0.1, 0.15) is 26.2 Å². The summed E-state index contributed by atoms with van der Waals surface area (Å²) in [5.41, 5.74) is -1.19. The van der Waals surface area contributed by atoms with E-state index in [2.05, 4.69) is 4.90 Å². The van der Waals surface area contributed by atoms with Crippen molar-refractivity contribution in [2.24, 2.45) is 0 Å². The number of likely N-dealkylation sites (tertiary alicyclic amines) is 1. The molecule has 1 atom stereocenters. The summed E-state index contributed by atoms with van der Waals surface area (Å²) in [5.74, 6) is -0.930. The van der Waals surface area contributed by atoms with Gasteiger partial charge < -0.3 is 14.5 Å². The minimum Gasteiger partial charge on any atom is -0.379 e. The Kier molecular flexibility index (Phi) is 7.24. The van der Waals surface area contributed by atoms with E-state index in [1.807, 2.05) is 35.2 Å². The van der Waals surface area contributed by atoms with Gasteiger partial charge in [0.2, 0.25) is 5.91 Å². The van der Waals surface area contributed by atoms with Crippen molar-refractivity contribution in [2.75, 3.05) is 50.8 Å². The number of benzene rings is 1. The number of para-hydroxylation sites is 1. The second kappa shape index (κ2) is 10.1. The van der Waals surface area contributed by atoms with Crippen molar-refractivity contribution in [1.29, 1.82) is 0 Å². The summed E-state index contributed by atoms with van der Waals surface area (Å²) >= 11 is 0. The Labute approximate surface area is 193 Å². The molecule has 2 amide bonds. The first kappa shape index (κ1) is 23.6. The van der Waals surface area contributed by atoms with Crippen molar-refractivity contribution in [3.63, 3.8) is 0 Å². The van der Waals surface area contributed by atoms with Crippen molar-refractivity contribution in [3.8, 4) is 0 Å². The molecule has 178 valence electrons. The van der Waals surface area contributed by atoms with Crippen molar-refractivity contribution in [1.82, 2.24) is 9.80 Å². The molecule has 2 aliphatic heterocycles. The van der Waals surface area contributed by atoms with E-state index in [1.54, 1.807) is 4.90 Å². The van der Waals surface area contributed by atoms with Crippen LogP contribution in [0, 0.1) is 0 Å². The van der Waals surface area contributed by atoms with Crippen LogP contribution in [-0.4, -0.2) is 79.3 Å². The fourth-order valence-electron chi connectivity index (χ4n) is 4.78. The van der Waals surface area contributed by atoms with Crippen LogP contribution in [0.15, 0.2) is 53.9 Å². The zero-order chi connectivity index (χ0) is 23.4. The highest BCUT2D eigenvalue weighted by Gasteiger charge is 2.40. The molecule has 0 N–H and O–H groups in total. The van der Waals surface area contributed by atoms with Gasteiger partial charge in [-0.2, -0.15) is 0 Å². The number of piperidine rings is 1. The number of amides is 2. The predicted molar refractivity (Wildman–Crippen MR) is 122 cm³/mol. The van der Waals surface area contributed by atoms with E-state index >= 15 is 0 Å². The molecule has 1 aliphatic carbocycles. The van der Waals surface area contributed by atoms with Gasteiger partial charge in [-0.15, -0.1) is 0 Å². The molecule has 1 unspecified atom stereocenters. The van der Waals surface area contributed by atoms with Gasteiger partial charge >= 0.3 is 0 Å². The monoisotopic (exact) mass is 459 g/mol. The topological polar surface area (TPSA) is 53.1 Å². The van der Waals surface area contributed by atoms with E-state index in [0.717, 1.165) is 18.8 Å². The summed E-state index contributed by atoms with van der Waals surface area (Å²) in [6.07, 6.45) is 3.20. The fraction of sp³-hybridized carbons (Fsp3) is 0.520. The third kappa shape index (κ3) is 5.50. The van der Waals surface area contributed by atoms with E-state index in [4.69, 9.17) is 4.74 Å². The lowest BCUT2D eigenvalue weighted by Gasteiger charge is -2.40. The number of nitrogens with zero attached hydrogens (tertiary/aromatic N) is 3. The average molecular weight is 460 g/mol. The second-order valence-electron chi connectivity index (χ2n) is 9.08. The van der Waals surface area contributed by atoms with E-state index < -0.39 is 23.8 Å². The molecule has 3 aliphatic rings. The lowest BCUT2D eigenvalue weighted by Crippen LogP contribution is -2.53. The molecule has 1 aromatic rings. The third-order valence-corrected chi connectivity index (χ3v) is 6.61. The number of halogens is 2. The van der Waals surface area contributed by atoms with E-state index in [-0.39, 0.29) is 17.5 Å². The molecular weight excluding hydrogens is 428 g/mol. The lowest BCUT2D eigenvalue weighted by molar-refractivity contribution is -0.129. The molecule has 33 heavy (non-hydrogen) atoms. The number of carbonyl (C=O) groups excluding carboxylic acids is 2. The summed E-state index contributed by atoms with van der Waals surface area (Å²) in [6, 6.07) is 9.53. The molecular formula is C25H31F2N3O3. The largest absolute Gasteiger partial charge is 0.379 e. The van der Waals surface area contributed by atoms with Gasteiger partial charge in [-0.1, -0.05) is 18.2 Å². The summed E-state index contributed by atoms with van der Waals surface area (Å²) < 4.78 is 33.8. The maximum atomic E-state index is 14.9. The molecule has 0 spiro atoms. The second-order valence-corrected chi connectivity index (χ2v) is 9.08. The van der Waals surface area contributed by atoms with E-state index in [0.29, 0.717) is 45.7 Å². The maximum Gasteiger partial charge on any atom is 0.253 e. The standard InChI is InChI=1S/C25H31F2N3O3/c1-25(27)17-19(26)7-8-22(25)24(32)29-11-9-21(10-12-29)30(20-5-3-2-4-6-20)23(31)18-28-13-15-33-16-14-28/h2-8,21H,9-18H2,1H3. The third-order valence-electron chi connectivity index (χ3n) is 6.61. The molecule has 0 aromatic heterocycles.